The number of aromatic nitrogens is 3. The number of rotatable bonds is 8. The number of benzene rings is 2. The van der Waals surface area contributed by atoms with E-state index in [1.165, 1.54) is 35.9 Å². The molecule has 2 N–H and O–H groups in total. The summed E-state index contributed by atoms with van der Waals surface area (Å²) < 4.78 is 68.5. The van der Waals surface area contributed by atoms with Gasteiger partial charge in [0.2, 0.25) is 10.0 Å². The lowest BCUT2D eigenvalue weighted by Crippen LogP contribution is -2.16. The van der Waals surface area contributed by atoms with Crippen molar-refractivity contribution in [3.8, 4) is 34.1 Å². The van der Waals surface area contributed by atoms with E-state index in [-0.39, 0.29) is 39.5 Å². The summed E-state index contributed by atoms with van der Waals surface area (Å²) in [5.41, 5.74) is 1.44. The van der Waals surface area contributed by atoms with E-state index in [1.54, 1.807) is 19.3 Å². The van der Waals surface area contributed by atoms with Crippen molar-refractivity contribution in [1.82, 2.24) is 14.5 Å². The van der Waals surface area contributed by atoms with Gasteiger partial charge in [0.25, 0.3) is 5.56 Å². The van der Waals surface area contributed by atoms with Crippen LogP contribution in [0.2, 0.25) is 0 Å². The number of ether oxygens (including phenoxy) is 1. The van der Waals surface area contributed by atoms with Crippen molar-refractivity contribution in [2.45, 2.75) is 25.7 Å². The second-order valence-corrected chi connectivity index (χ2v) is 11.7. The van der Waals surface area contributed by atoms with Crippen LogP contribution >= 0.6 is 0 Å². The highest BCUT2D eigenvalue weighted by Crippen LogP contribution is 2.42. The summed E-state index contributed by atoms with van der Waals surface area (Å²) in [5, 5.41) is 0.274. The number of nitrogens with one attached hydrogen (secondary N) is 2. The monoisotopic (exact) mass is 566 g/mol. The first kappa shape index (κ1) is 25.8. The number of furan rings is 1. The molecule has 40 heavy (non-hydrogen) atoms. The van der Waals surface area contributed by atoms with Crippen LogP contribution in [0.25, 0.3) is 33.6 Å². The van der Waals surface area contributed by atoms with Crippen molar-refractivity contribution in [1.29, 1.82) is 0 Å². The highest BCUT2D eigenvalue weighted by molar-refractivity contribution is 7.92. The van der Waals surface area contributed by atoms with Crippen LogP contribution in [0.3, 0.4) is 0 Å². The maximum atomic E-state index is 14.5. The molecule has 0 amide bonds. The number of nitrogens with zero attached hydrogens (tertiary/aromatic N) is 2. The van der Waals surface area contributed by atoms with Gasteiger partial charge in [-0.15, -0.1) is 0 Å². The first-order valence-corrected chi connectivity index (χ1v) is 14.2. The zero-order valence-corrected chi connectivity index (χ0v) is 22.3. The first-order valence-electron chi connectivity index (χ1n) is 12.6. The molecule has 0 saturated heterocycles. The van der Waals surface area contributed by atoms with E-state index in [2.05, 4.69) is 14.7 Å². The first-order chi connectivity index (χ1) is 19.1. The number of anilines is 1. The summed E-state index contributed by atoms with van der Waals surface area (Å²) in [7, 11) is -2.05. The number of aromatic amines is 1. The summed E-state index contributed by atoms with van der Waals surface area (Å²) in [4.78, 5) is 20.8. The van der Waals surface area contributed by atoms with Gasteiger partial charge in [0, 0.05) is 42.0 Å². The summed E-state index contributed by atoms with van der Waals surface area (Å²) >= 11 is 0. The van der Waals surface area contributed by atoms with E-state index >= 15 is 0 Å². The van der Waals surface area contributed by atoms with Gasteiger partial charge in [-0.25, -0.2) is 22.2 Å². The average Bonchev–Trinajstić information content (AvgIpc) is 3.47. The second-order valence-electron chi connectivity index (χ2n) is 9.66. The molecule has 5 aromatic rings. The average molecular weight is 567 g/mol. The van der Waals surface area contributed by atoms with E-state index in [9.17, 15) is 22.0 Å². The predicted octanol–water partition coefficient (Wildman–Crippen LogP) is 5.90. The molecule has 1 fully saturated rings. The van der Waals surface area contributed by atoms with Gasteiger partial charge in [-0.3, -0.25) is 9.52 Å². The van der Waals surface area contributed by atoms with Gasteiger partial charge in [0.15, 0.2) is 17.3 Å². The van der Waals surface area contributed by atoms with Crippen LogP contribution in [-0.2, 0) is 17.1 Å². The SMILES string of the molecule is CCS(=O)(=O)Nc1ccc(Oc2ccc(F)cc2F)c(-c2cn(C)c(=O)c3cc(-c4cnc(C5CC5)[nH]4)oc23)c1. The molecule has 3 heterocycles. The van der Waals surface area contributed by atoms with E-state index in [4.69, 9.17) is 9.15 Å². The lowest BCUT2D eigenvalue weighted by molar-refractivity contribution is 0.439. The lowest BCUT2D eigenvalue weighted by Gasteiger charge is -2.15. The van der Waals surface area contributed by atoms with Crippen LogP contribution in [0.15, 0.2) is 64.1 Å². The molecule has 1 saturated carbocycles. The number of halogens is 2. The van der Waals surface area contributed by atoms with Crippen molar-refractivity contribution in [2.75, 3.05) is 10.5 Å². The number of aryl methyl sites for hydroxylation is 1. The molecule has 0 bridgehead atoms. The molecule has 0 unspecified atom stereocenters. The molecule has 206 valence electrons. The predicted molar refractivity (Wildman–Crippen MR) is 146 cm³/mol. The van der Waals surface area contributed by atoms with E-state index in [0.717, 1.165) is 30.8 Å². The van der Waals surface area contributed by atoms with E-state index in [1.807, 2.05) is 0 Å². The molecule has 0 spiro atoms. The Balaban J connectivity index is 1.53. The third kappa shape index (κ3) is 4.86. The Bertz CT molecular complexity index is 1940. The number of fused-ring (bicyclic) bond motifs is 1. The highest BCUT2D eigenvalue weighted by Gasteiger charge is 2.27. The zero-order valence-electron chi connectivity index (χ0n) is 21.5. The van der Waals surface area contributed by atoms with Crippen molar-refractivity contribution in [3.63, 3.8) is 0 Å². The Kier molecular flexibility index (Phi) is 6.21. The summed E-state index contributed by atoms with van der Waals surface area (Å²) in [6.07, 6.45) is 5.31. The van der Waals surface area contributed by atoms with E-state index < -0.39 is 21.7 Å². The minimum absolute atomic E-state index is 0.125. The van der Waals surface area contributed by atoms with Crippen LogP contribution in [-0.4, -0.2) is 28.7 Å². The number of sulfonamides is 1. The molecule has 9 nitrogen and oxygen atoms in total. The van der Waals surface area contributed by atoms with Crippen LogP contribution in [0.1, 0.15) is 31.5 Å². The Morgan fingerprint density at radius 1 is 1.12 bits per heavy atom. The normalized spacial score (nSPS) is 13.6. The zero-order chi connectivity index (χ0) is 28.2. The second kappa shape index (κ2) is 9.63. The maximum Gasteiger partial charge on any atom is 0.261 e. The molecule has 1 aliphatic rings. The Hall–Kier alpha value is -4.45. The topological polar surface area (TPSA) is 119 Å². The van der Waals surface area contributed by atoms with Gasteiger partial charge in [0.1, 0.15) is 28.7 Å². The van der Waals surface area contributed by atoms with Gasteiger partial charge >= 0.3 is 0 Å². The number of hydrogen-bond donors (Lipinski definition) is 2. The fourth-order valence-electron chi connectivity index (χ4n) is 4.42. The fraction of sp³-hybridized carbons (Fsp3) is 0.214. The largest absolute Gasteiger partial charge is 0.454 e. The smallest absolute Gasteiger partial charge is 0.261 e. The van der Waals surface area contributed by atoms with E-state index in [0.29, 0.717) is 34.6 Å². The number of imidazole rings is 1. The highest BCUT2D eigenvalue weighted by atomic mass is 32.2. The maximum absolute atomic E-state index is 14.5. The molecule has 2 aromatic carbocycles. The van der Waals surface area contributed by atoms with Crippen molar-refractivity contribution >= 4 is 26.7 Å². The lowest BCUT2D eigenvalue weighted by atomic mass is 10.0. The summed E-state index contributed by atoms with van der Waals surface area (Å²) in [6.45, 7) is 1.50. The quantitative estimate of drug-likeness (QED) is 0.241. The molecular weight excluding hydrogens is 542 g/mol. The molecule has 6 rings (SSSR count). The van der Waals surface area contributed by atoms with Crippen molar-refractivity contribution < 1.29 is 26.4 Å². The minimum Gasteiger partial charge on any atom is -0.454 e. The van der Waals surface area contributed by atoms with Gasteiger partial charge in [0.05, 0.1) is 17.3 Å². The number of pyridine rings is 1. The van der Waals surface area contributed by atoms with Crippen LogP contribution < -0.4 is 15.0 Å². The third-order valence-corrected chi connectivity index (χ3v) is 8.02. The van der Waals surface area contributed by atoms with Gasteiger partial charge < -0.3 is 18.7 Å². The Morgan fingerprint density at radius 3 is 2.62 bits per heavy atom. The molecular formula is C28H24F2N4O5S. The molecule has 0 aliphatic heterocycles. The third-order valence-electron chi connectivity index (χ3n) is 6.71. The number of H-pyrrole nitrogens is 1. The van der Waals surface area contributed by atoms with Crippen molar-refractivity contribution in [3.05, 3.63) is 82.7 Å². The molecule has 1 aliphatic carbocycles. The van der Waals surface area contributed by atoms with Crippen molar-refractivity contribution in [2.24, 2.45) is 7.05 Å². The summed E-state index contributed by atoms with van der Waals surface area (Å²) in [6, 6.07) is 8.96. The molecule has 0 radical (unpaired) electrons. The van der Waals surface area contributed by atoms with Crippen LogP contribution in [0.5, 0.6) is 11.5 Å². The van der Waals surface area contributed by atoms with Crippen LogP contribution in [0, 0.1) is 11.6 Å². The van der Waals surface area contributed by atoms with Gasteiger partial charge in [-0.05, 0) is 56.2 Å². The van der Waals surface area contributed by atoms with Gasteiger partial charge in [-0.1, -0.05) is 0 Å². The van der Waals surface area contributed by atoms with Crippen LogP contribution in [0.4, 0.5) is 14.5 Å². The Morgan fingerprint density at radius 2 is 1.90 bits per heavy atom. The standard InChI is InChI=1S/C28H24F2N4O5S/c1-3-40(36,37)33-17-7-9-23(38-24-8-6-16(29)10-21(24)30)18(11-17)20-14-34(2)28(35)19-12-25(39-26(19)20)22-13-31-27(32-22)15-4-5-15/h6-15,33H,3-5H2,1-2H3,(H,31,32). The molecule has 12 heteroatoms. The Labute approximate surface area is 227 Å². The minimum atomic E-state index is -3.63. The van der Waals surface area contributed by atoms with Gasteiger partial charge in [-0.2, -0.15) is 0 Å². The summed E-state index contributed by atoms with van der Waals surface area (Å²) in [5.74, 6) is -0.302. The number of hydrogen-bond acceptors (Lipinski definition) is 6. The fourth-order valence-corrected chi connectivity index (χ4v) is 5.05. The molecule has 3 aromatic heterocycles. The molecule has 0 atom stereocenters.